The van der Waals surface area contributed by atoms with Gasteiger partial charge < -0.3 is 9.31 Å². The summed E-state index contributed by atoms with van der Waals surface area (Å²) in [7, 11) is -5.40. The predicted octanol–water partition coefficient (Wildman–Crippen LogP) is 2.27. The van der Waals surface area contributed by atoms with E-state index in [4.69, 9.17) is 9.31 Å². The maximum atomic E-state index is 11.7. The number of benzene rings is 2. The van der Waals surface area contributed by atoms with Gasteiger partial charge in [-0.15, -0.1) is 0 Å². The van der Waals surface area contributed by atoms with Crippen molar-refractivity contribution < 1.29 is 26.1 Å². The van der Waals surface area contributed by atoms with Gasteiger partial charge in [0.15, 0.2) is 19.7 Å². The quantitative estimate of drug-likeness (QED) is 0.652. The maximum absolute atomic E-state index is 11.7. The summed E-state index contributed by atoms with van der Waals surface area (Å²) >= 11 is 0. The van der Waals surface area contributed by atoms with Gasteiger partial charge in [-0.25, -0.2) is 16.8 Å². The topological polar surface area (TPSA) is 86.7 Å². The highest BCUT2D eigenvalue weighted by molar-refractivity contribution is 7.91. The molecule has 0 saturated heterocycles. The molecule has 0 aliphatic heterocycles. The van der Waals surface area contributed by atoms with Crippen molar-refractivity contribution in [2.45, 2.75) is 23.6 Å². The van der Waals surface area contributed by atoms with Gasteiger partial charge in [0.1, 0.15) is 11.5 Å². The van der Waals surface area contributed by atoms with Crippen molar-refractivity contribution in [3.63, 3.8) is 0 Å². The summed E-state index contributed by atoms with van der Waals surface area (Å²) in [5.74, 6) is 0.902. The molecule has 0 N–H and O–H groups in total. The summed E-state index contributed by atoms with van der Waals surface area (Å²) in [5, 5.41) is 0. The molecule has 25 heavy (non-hydrogen) atoms. The third kappa shape index (κ3) is 4.99. The van der Waals surface area contributed by atoms with Crippen molar-refractivity contribution in [2.24, 2.45) is 0 Å². The van der Waals surface area contributed by atoms with Gasteiger partial charge in [-0.05, 0) is 48.5 Å². The molecule has 2 aromatic carbocycles. The van der Waals surface area contributed by atoms with Gasteiger partial charge in [-0.1, -0.05) is 13.8 Å². The van der Waals surface area contributed by atoms with E-state index in [2.05, 4.69) is 0 Å². The van der Waals surface area contributed by atoms with Crippen LogP contribution in [-0.2, 0) is 19.7 Å². The van der Waals surface area contributed by atoms with E-state index in [1.165, 1.54) is 48.5 Å². The van der Waals surface area contributed by atoms with E-state index < -0.39 is 19.7 Å². The highest BCUT2D eigenvalue weighted by Crippen LogP contribution is 2.19. The first-order chi connectivity index (χ1) is 11.8. The van der Waals surface area contributed by atoms with Crippen LogP contribution in [-0.4, -0.2) is 36.0 Å². The minimum Gasteiger partial charge on any atom is -0.526 e. The zero-order valence-corrected chi connectivity index (χ0v) is 15.5. The molecule has 0 saturated carbocycles. The number of hydrogen-bond donors (Lipinski definition) is 0. The summed E-state index contributed by atoms with van der Waals surface area (Å²) in [6.07, 6.45) is 0. The van der Waals surface area contributed by atoms with Crippen LogP contribution in [0.2, 0.25) is 0 Å². The van der Waals surface area contributed by atoms with Crippen molar-refractivity contribution in [3.8, 4) is 11.5 Å². The number of rotatable bonds is 8. The van der Waals surface area contributed by atoms with E-state index in [1.54, 1.807) is 13.8 Å². The van der Waals surface area contributed by atoms with E-state index in [0.717, 1.165) is 7.69 Å². The van der Waals surface area contributed by atoms with E-state index >= 15 is 0 Å². The monoisotopic (exact) mass is 381 g/mol. The summed E-state index contributed by atoms with van der Waals surface area (Å²) in [6, 6.07) is 12.0. The lowest BCUT2D eigenvalue weighted by molar-refractivity contribution is 0.458. The lowest BCUT2D eigenvalue weighted by Gasteiger charge is -2.08. The van der Waals surface area contributed by atoms with Gasteiger partial charge in [0.2, 0.25) is 0 Å². The van der Waals surface area contributed by atoms with E-state index in [9.17, 15) is 16.8 Å². The molecule has 6 nitrogen and oxygen atoms in total. The molecule has 2 aromatic rings. The van der Waals surface area contributed by atoms with Crippen LogP contribution in [0.1, 0.15) is 13.8 Å². The summed E-state index contributed by atoms with van der Waals surface area (Å²) in [6.45, 7) is 3.16. The third-order valence-corrected chi connectivity index (χ3v) is 7.00. The Labute approximate surface area is 148 Å². The molecule has 0 aliphatic rings. The third-order valence-electron chi connectivity index (χ3n) is 3.49. The SMILES string of the molecule is CCS(=O)(=O)c1ccc(O[B]Oc2ccc(S(=O)(=O)CC)cc2)cc1. The van der Waals surface area contributed by atoms with Crippen molar-refractivity contribution in [2.75, 3.05) is 11.5 Å². The molecule has 0 spiro atoms. The van der Waals surface area contributed by atoms with Crippen LogP contribution in [0.5, 0.6) is 11.5 Å². The smallest absolute Gasteiger partial charge is 0.526 e. The Balaban J connectivity index is 1.93. The Bertz CT molecular complexity index is 827. The average molecular weight is 381 g/mol. The highest BCUT2D eigenvalue weighted by Gasteiger charge is 2.12. The molecule has 9 heteroatoms. The molecular weight excluding hydrogens is 363 g/mol. The van der Waals surface area contributed by atoms with Crippen LogP contribution in [0.3, 0.4) is 0 Å². The predicted molar refractivity (Wildman–Crippen MR) is 95.3 cm³/mol. The molecule has 0 heterocycles. The van der Waals surface area contributed by atoms with E-state index in [-0.39, 0.29) is 21.3 Å². The van der Waals surface area contributed by atoms with Crippen LogP contribution < -0.4 is 9.31 Å². The molecule has 133 valence electrons. The minimum absolute atomic E-state index is 0.0339. The average Bonchev–Trinajstić information content (AvgIpc) is 2.62. The van der Waals surface area contributed by atoms with E-state index in [0.29, 0.717) is 11.5 Å². The van der Waals surface area contributed by atoms with Crippen molar-refractivity contribution in [1.82, 2.24) is 0 Å². The van der Waals surface area contributed by atoms with Crippen LogP contribution in [0.25, 0.3) is 0 Å². The molecular formula is C16H18BO6S2. The van der Waals surface area contributed by atoms with Gasteiger partial charge in [-0.2, -0.15) is 0 Å². The Morgan fingerprint density at radius 2 is 1.00 bits per heavy atom. The Hall–Kier alpha value is -2.00. The van der Waals surface area contributed by atoms with Crippen molar-refractivity contribution >= 4 is 27.4 Å². The lowest BCUT2D eigenvalue weighted by Crippen LogP contribution is -2.11. The van der Waals surface area contributed by atoms with Crippen molar-refractivity contribution in [3.05, 3.63) is 48.5 Å². The molecule has 0 aromatic heterocycles. The Morgan fingerprint density at radius 3 is 1.28 bits per heavy atom. The molecule has 0 atom stereocenters. The van der Waals surface area contributed by atoms with Crippen molar-refractivity contribution in [1.29, 1.82) is 0 Å². The van der Waals surface area contributed by atoms with Gasteiger partial charge in [0, 0.05) is 0 Å². The second kappa shape index (κ2) is 7.92. The Kier molecular flexibility index (Phi) is 6.13. The summed E-state index contributed by atoms with van der Waals surface area (Å²) in [5.41, 5.74) is 0. The van der Waals surface area contributed by atoms with Crippen LogP contribution in [0.15, 0.2) is 58.3 Å². The van der Waals surface area contributed by atoms with Crippen LogP contribution >= 0.6 is 0 Å². The second-order valence-electron chi connectivity index (χ2n) is 5.08. The normalized spacial score (nSPS) is 11.8. The molecule has 0 unspecified atom stereocenters. The van der Waals surface area contributed by atoms with Gasteiger partial charge in [0.25, 0.3) is 0 Å². The summed E-state index contributed by atoms with van der Waals surface area (Å²) < 4.78 is 57.4. The first kappa shape index (κ1) is 19.3. The van der Waals surface area contributed by atoms with Gasteiger partial charge >= 0.3 is 7.69 Å². The summed E-state index contributed by atoms with van der Waals surface area (Å²) in [4.78, 5) is 0.465. The first-order valence-electron chi connectivity index (χ1n) is 7.59. The molecule has 0 fully saturated rings. The lowest BCUT2D eigenvalue weighted by atomic mass is 10.3. The second-order valence-corrected chi connectivity index (χ2v) is 9.64. The molecule has 2 rings (SSSR count). The molecule has 1 radical (unpaired) electrons. The fourth-order valence-corrected chi connectivity index (χ4v) is 3.69. The minimum atomic E-state index is -3.24. The number of sulfone groups is 2. The molecule has 0 bridgehead atoms. The molecule has 0 amide bonds. The zero-order chi connectivity index (χ0) is 18.5. The van der Waals surface area contributed by atoms with Gasteiger partial charge in [0.05, 0.1) is 21.3 Å². The van der Waals surface area contributed by atoms with Crippen LogP contribution in [0.4, 0.5) is 0 Å². The van der Waals surface area contributed by atoms with E-state index in [1.807, 2.05) is 0 Å². The fraction of sp³-hybridized carbons (Fsp3) is 0.250. The zero-order valence-electron chi connectivity index (χ0n) is 13.9. The molecule has 0 aliphatic carbocycles. The van der Waals surface area contributed by atoms with Gasteiger partial charge in [-0.3, -0.25) is 0 Å². The number of hydrogen-bond acceptors (Lipinski definition) is 6. The maximum Gasteiger partial charge on any atom is 0.658 e. The highest BCUT2D eigenvalue weighted by atomic mass is 32.2. The first-order valence-corrected chi connectivity index (χ1v) is 10.9. The van der Waals surface area contributed by atoms with Crippen LogP contribution in [0, 0.1) is 0 Å². The fourth-order valence-electron chi connectivity index (χ4n) is 1.92. The Morgan fingerprint density at radius 1 is 0.680 bits per heavy atom. The largest absolute Gasteiger partial charge is 0.658 e. The standard InChI is InChI=1S/C16H18BO6S2/c1-3-24(18,19)15-9-5-13(6-10-15)22-17-23-14-7-11-16(12-8-14)25(20,21)4-2/h5-12H,3-4H2,1-2H3.